The predicted octanol–water partition coefficient (Wildman–Crippen LogP) is 4.52. The highest BCUT2D eigenvalue weighted by atomic mass is 16.5. The van der Waals surface area contributed by atoms with Crippen LogP contribution in [0.4, 0.5) is 0 Å². The highest BCUT2D eigenvalue weighted by Gasteiger charge is 2.53. The van der Waals surface area contributed by atoms with Gasteiger partial charge in [-0.2, -0.15) is 4.98 Å². The van der Waals surface area contributed by atoms with E-state index in [-0.39, 0.29) is 17.7 Å². The summed E-state index contributed by atoms with van der Waals surface area (Å²) in [4.78, 5) is 32.9. The molecule has 1 spiro atoms. The molecular formula is C31H28N4O5. The number of benzene rings is 3. The number of para-hydroxylation sites is 1. The molecule has 3 aliphatic heterocycles. The van der Waals surface area contributed by atoms with Crippen molar-refractivity contribution in [2.45, 2.75) is 25.7 Å². The van der Waals surface area contributed by atoms with Gasteiger partial charge in [-0.15, -0.1) is 0 Å². The van der Waals surface area contributed by atoms with Gasteiger partial charge in [0.25, 0.3) is 5.91 Å². The number of aryl methyl sites for hydroxylation is 2. The molecule has 3 aromatic carbocycles. The average molecular weight is 537 g/mol. The fraction of sp³-hybridized carbons (Fsp3) is 0.290. The number of carbonyl (C=O) groups is 2. The van der Waals surface area contributed by atoms with Crippen molar-refractivity contribution in [3.63, 3.8) is 0 Å². The minimum absolute atomic E-state index is 0.0241. The monoisotopic (exact) mass is 536 g/mol. The standard InChI is InChI=1S/C31H28N4O5/c1-19-33-29(34-40-19)21-6-3-7-22(14-21)30(37)35-15-25-24-9-4-10-26-28(24)38-18-31(25,17-35)16-32-27(36)12-11-20-5-2-8-23(13-20)39-26/h2-10,13-14,25H,11-12,15-18H2,1H3,(H,32,36)/t25-,31+/m1/s1. The SMILES string of the molecule is Cc1nc(-c2cccc(C(=O)N3C[C@@H]4c5cccc6c5OC[C@]4(CNC(=O)CCc4cccc(c4)O6)C3)c2)no1. The molecule has 0 saturated carbocycles. The van der Waals surface area contributed by atoms with E-state index >= 15 is 0 Å². The summed E-state index contributed by atoms with van der Waals surface area (Å²) in [7, 11) is 0. The predicted molar refractivity (Wildman–Crippen MR) is 145 cm³/mol. The van der Waals surface area contributed by atoms with Crippen LogP contribution in [0.15, 0.2) is 71.3 Å². The molecule has 1 aromatic heterocycles. The Hall–Kier alpha value is -4.66. The molecule has 3 aliphatic rings. The molecule has 0 aliphatic carbocycles. The number of nitrogens with zero attached hydrogens (tertiary/aromatic N) is 3. The number of likely N-dealkylation sites (tertiary alicyclic amines) is 1. The second kappa shape index (κ2) is 9.51. The molecule has 4 bridgehead atoms. The Labute approximate surface area is 231 Å². The Bertz CT molecular complexity index is 1630. The molecule has 1 N–H and O–H groups in total. The second-order valence-electron chi connectivity index (χ2n) is 10.8. The summed E-state index contributed by atoms with van der Waals surface area (Å²) in [6, 6.07) is 21.0. The van der Waals surface area contributed by atoms with E-state index in [0.717, 1.165) is 11.1 Å². The number of aromatic nitrogens is 2. The fourth-order valence-corrected chi connectivity index (χ4v) is 6.09. The van der Waals surface area contributed by atoms with Crippen LogP contribution in [0.5, 0.6) is 17.2 Å². The Morgan fingerprint density at radius 2 is 1.95 bits per heavy atom. The summed E-state index contributed by atoms with van der Waals surface area (Å²) < 4.78 is 17.8. The molecule has 9 heteroatoms. The molecule has 4 heterocycles. The summed E-state index contributed by atoms with van der Waals surface area (Å²) >= 11 is 0. The minimum atomic E-state index is -0.474. The Balaban J connectivity index is 1.24. The maximum Gasteiger partial charge on any atom is 0.253 e. The van der Waals surface area contributed by atoms with E-state index in [1.807, 2.05) is 59.5 Å². The average Bonchev–Trinajstić information content (AvgIpc) is 3.59. The maximum atomic E-state index is 13.9. The molecular weight excluding hydrogens is 508 g/mol. The molecule has 7 rings (SSSR count). The van der Waals surface area contributed by atoms with Crippen molar-refractivity contribution in [1.29, 1.82) is 0 Å². The Morgan fingerprint density at radius 3 is 2.83 bits per heavy atom. The molecule has 2 atom stereocenters. The summed E-state index contributed by atoms with van der Waals surface area (Å²) in [6.07, 6.45) is 0.982. The van der Waals surface area contributed by atoms with Gasteiger partial charge in [-0.25, -0.2) is 0 Å². The van der Waals surface area contributed by atoms with Crippen LogP contribution >= 0.6 is 0 Å². The van der Waals surface area contributed by atoms with Crippen molar-refractivity contribution in [1.82, 2.24) is 20.4 Å². The smallest absolute Gasteiger partial charge is 0.253 e. The minimum Gasteiger partial charge on any atom is -0.489 e. The third-order valence-electron chi connectivity index (χ3n) is 8.12. The van der Waals surface area contributed by atoms with E-state index in [4.69, 9.17) is 14.0 Å². The number of hydrogen-bond acceptors (Lipinski definition) is 7. The van der Waals surface area contributed by atoms with Crippen molar-refractivity contribution in [2.24, 2.45) is 5.41 Å². The zero-order valence-electron chi connectivity index (χ0n) is 22.1. The van der Waals surface area contributed by atoms with Crippen LogP contribution in [0, 0.1) is 12.3 Å². The molecule has 1 fully saturated rings. The van der Waals surface area contributed by atoms with Gasteiger partial charge >= 0.3 is 0 Å². The van der Waals surface area contributed by atoms with Gasteiger partial charge in [0.05, 0.1) is 6.61 Å². The van der Waals surface area contributed by atoms with Crippen molar-refractivity contribution in [3.05, 3.63) is 89.3 Å². The van der Waals surface area contributed by atoms with Gasteiger partial charge in [0, 0.05) is 61.0 Å². The lowest BCUT2D eigenvalue weighted by atomic mass is 9.73. The van der Waals surface area contributed by atoms with Gasteiger partial charge in [0.15, 0.2) is 11.5 Å². The van der Waals surface area contributed by atoms with Crippen molar-refractivity contribution in [2.75, 3.05) is 26.2 Å². The van der Waals surface area contributed by atoms with Crippen LogP contribution in [0.2, 0.25) is 0 Å². The fourth-order valence-electron chi connectivity index (χ4n) is 6.09. The molecule has 0 unspecified atom stereocenters. The van der Waals surface area contributed by atoms with E-state index in [2.05, 4.69) is 15.5 Å². The highest BCUT2D eigenvalue weighted by Crippen LogP contribution is 2.52. The molecule has 9 nitrogen and oxygen atoms in total. The van der Waals surface area contributed by atoms with Crippen LogP contribution in [0.25, 0.3) is 11.4 Å². The van der Waals surface area contributed by atoms with E-state index in [0.29, 0.717) is 79.2 Å². The van der Waals surface area contributed by atoms with Gasteiger partial charge in [-0.3, -0.25) is 9.59 Å². The third-order valence-corrected chi connectivity index (χ3v) is 8.12. The first kappa shape index (κ1) is 24.4. The first-order chi connectivity index (χ1) is 19.5. The molecule has 2 amide bonds. The summed E-state index contributed by atoms with van der Waals surface area (Å²) in [5.41, 5.74) is 2.80. The van der Waals surface area contributed by atoms with Crippen LogP contribution in [0.1, 0.15) is 39.7 Å². The van der Waals surface area contributed by atoms with E-state index in [9.17, 15) is 9.59 Å². The molecule has 40 heavy (non-hydrogen) atoms. The topological polar surface area (TPSA) is 107 Å². The van der Waals surface area contributed by atoms with Crippen LogP contribution in [-0.4, -0.2) is 53.1 Å². The summed E-state index contributed by atoms with van der Waals surface area (Å²) in [5, 5.41) is 7.15. The number of carbonyl (C=O) groups excluding carboxylic acids is 2. The van der Waals surface area contributed by atoms with E-state index in [1.165, 1.54) is 0 Å². The first-order valence-corrected chi connectivity index (χ1v) is 13.5. The number of hydrogen-bond donors (Lipinski definition) is 1. The molecule has 4 aromatic rings. The lowest BCUT2D eigenvalue weighted by Crippen LogP contribution is -2.48. The number of nitrogens with one attached hydrogen (secondary N) is 1. The van der Waals surface area contributed by atoms with Crippen LogP contribution in [-0.2, 0) is 11.2 Å². The number of ether oxygens (including phenoxy) is 2. The van der Waals surface area contributed by atoms with Gasteiger partial charge in [-0.1, -0.05) is 41.6 Å². The Kier molecular flexibility index (Phi) is 5.80. The van der Waals surface area contributed by atoms with Crippen LogP contribution < -0.4 is 14.8 Å². The van der Waals surface area contributed by atoms with Crippen molar-refractivity contribution >= 4 is 11.8 Å². The lowest BCUT2D eigenvalue weighted by Gasteiger charge is -2.39. The largest absolute Gasteiger partial charge is 0.489 e. The zero-order chi connectivity index (χ0) is 27.3. The highest BCUT2D eigenvalue weighted by molar-refractivity contribution is 5.95. The van der Waals surface area contributed by atoms with Gasteiger partial charge in [0.2, 0.25) is 17.6 Å². The van der Waals surface area contributed by atoms with Crippen LogP contribution in [0.3, 0.4) is 0 Å². The molecule has 0 radical (unpaired) electrons. The normalized spacial score (nSPS) is 21.6. The summed E-state index contributed by atoms with van der Waals surface area (Å²) in [5.74, 6) is 2.79. The third kappa shape index (κ3) is 4.27. The molecule has 1 saturated heterocycles. The van der Waals surface area contributed by atoms with Gasteiger partial charge < -0.3 is 24.2 Å². The summed E-state index contributed by atoms with van der Waals surface area (Å²) in [6.45, 7) is 3.44. The lowest BCUT2D eigenvalue weighted by molar-refractivity contribution is -0.121. The number of fused-ring (bicyclic) bond motifs is 4. The zero-order valence-corrected chi connectivity index (χ0v) is 22.1. The first-order valence-electron chi connectivity index (χ1n) is 13.5. The van der Waals surface area contributed by atoms with Gasteiger partial charge in [0.1, 0.15) is 5.75 Å². The quantitative estimate of drug-likeness (QED) is 0.402. The maximum absolute atomic E-state index is 13.9. The number of rotatable bonds is 2. The van der Waals surface area contributed by atoms with Gasteiger partial charge in [-0.05, 0) is 42.3 Å². The van der Waals surface area contributed by atoms with E-state index < -0.39 is 5.41 Å². The second-order valence-corrected chi connectivity index (χ2v) is 10.8. The molecule has 202 valence electrons. The number of amides is 2. The van der Waals surface area contributed by atoms with Crippen molar-refractivity contribution in [3.8, 4) is 28.6 Å². The van der Waals surface area contributed by atoms with E-state index in [1.54, 1.807) is 19.1 Å². The van der Waals surface area contributed by atoms with Crippen molar-refractivity contribution < 1.29 is 23.6 Å². The Morgan fingerprint density at radius 1 is 1.07 bits per heavy atom.